The first-order valence-corrected chi connectivity index (χ1v) is 7.89. The summed E-state index contributed by atoms with van der Waals surface area (Å²) < 4.78 is 42.7. The van der Waals surface area contributed by atoms with Gasteiger partial charge >= 0.3 is 6.18 Å². The Hall–Kier alpha value is -2.71. The summed E-state index contributed by atoms with van der Waals surface area (Å²) in [5.41, 5.74) is 0.766. The third-order valence-electron chi connectivity index (χ3n) is 3.68. The highest BCUT2D eigenvalue weighted by Gasteiger charge is 2.31. The molecule has 0 saturated carbocycles. The second kappa shape index (κ2) is 8.11. The molecular formula is C17H21F3N4O2. The lowest BCUT2D eigenvalue weighted by molar-refractivity contribution is -0.157. The fourth-order valence-corrected chi connectivity index (χ4v) is 2.45. The molecule has 0 radical (unpaired) electrons. The van der Waals surface area contributed by atoms with Gasteiger partial charge in [-0.05, 0) is 12.1 Å². The van der Waals surface area contributed by atoms with Crippen molar-refractivity contribution in [3.8, 4) is 0 Å². The molecule has 9 heteroatoms. The zero-order chi connectivity index (χ0) is 19.3. The van der Waals surface area contributed by atoms with Gasteiger partial charge in [0, 0.05) is 26.5 Å². The van der Waals surface area contributed by atoms with Gasteiger partial charge in [0.05, 0.1) is 13.1 Å². The molecule has 0 fully saturated rings. The Bertz CT molecular complexity index is 753. The first-order chi connectivity index (χ1) is 12.2. The maximum absolute atomic E-state index is 12.3. The Labute approximate surface area is 149 Å². The van der Waals surface area contributed by atoms with Gasteiger partial charge in [0.15, 0.2) is 5.96 Å². The number of carbonyl (C=O) groups is 1. The topological polar surface area (TPSA) is 61.1 Å². The molecule has 0 atom stereocenters. The summed E-state index contributed by atoms with van der Waals surface area (Å²) in [6, 6.07) is 9.49. The number of likely N-dealkylation sites (N-methyl/N-ethyl adjacent to an activating group) is 1. The Balaban J connectivity index is 1.92. The third kappa shape index (κ3) is 5.40. The lowest BCUT2D eigenvalue weighted by Crippen LogP contribution is -2.45. The standard InChI is InChI=1S/C17H21F3N4O2/c1-21-16(22-9-15(25)24(3)11-17(18,19)20)23(2)10-13-8-12-6-4-5-7-14(12)26-13/h4-8H,9-11H2,1-3H3,(H,21,22). The van der Waals surface area contributed by atoms with E-state index in [1.807, 2.05) is 30.3 Å². The van der Waals surface area contributed by atoms with Crippen molar-refractivity contribution in [3.63, 3.8) is 0 Å². The van der Waals surface area contributed by atoms with Gasteiger partial charge in [-0.2, -0.15) is 13.2 Å². The molecule has 1 heterocycles. The normalized spacial score (nSPS) is 12.3. The number of nitrogens with zero attached hydrogens (tertiary/aromatic N) is 3. The van der Waals surface area contributed by atoms with Crippen LogP contribution in [0.15, 0.2) is 39.7 Å². The first-order valence-electron chi connectivity index (χ1n) is 7.89. The summed E-state index contributed by atoms with van der Waals surface area (Å²) in [5, 5.41) is 3.74. The minimum Gasteiger partial charge on any atom is -0.459 e. The molecule has 26 heavy (non-hydrogen) atoms. The molecule has 1 amide bonds. The van der Waals surface area contributed by atoms with Gasteiger partial charge in [-0.3, -0.25) is 9.79 Å². The van der Waals surface area contributed by atoms with Gasteiger partial charge in [0.2, 0.25) is 5.91 Å². The zero-order valence-corrected chi connectivity index (χ0v) is 14.8. The Morgan fingerprint density at radius 2 is 1.92 bits per heavy atom. The fourth-order valence-electron chi connectivity index (χ4n) is 2.45. The fraction of sp³-hybridized carbons (Fsp3) is 0.412. The number of guanidine groups is 1. The summed E-state index contributed by atoms with van der Waals surface area (Å²) in [7, 11) is 4.38. The van der Waals surface area contributed by atoms with Crippen molar-refractivity contribution in [3.05, 3.63) is 36.1 Å². The summed E-state index contributed by atoms with van der Waals surface area (Å²) in [5.74, 6) is 0.400. The summed E-state index contributed by atoms with van der Waals surface area (Å²) in [6.45, 7) is -1.19. The average Bonchev–Trinajstić information content (AvgIpc) is 2.95. The molecule has 2 rings (SSSR count). The second-order valence-electron chi connectivity index (χ2n) is 5.87. The third-order valence-corrected chi connectivity index (χ3v) is 3.68. The van der Waals surface area contributed by atoms with Gasteiger partial charge < -0.3 is 19.5 Å². The van der Waals surface area contributed by atoms with E-state index in [1.54, 1.807) is 11.9 Å². The van der Waals surface area contributed by atoms with Crippen LogP contribution in [0.4, 0.5) is 13.2 Å². The SMILES string of the molecule is CN=C(NCC(=O)N(C)CC(F)(F)F)N(C)Cc1cc2ccccc2o1. The first kappa shape index (κ1) is 19.6. The second-order valence-corrected chi connectivity index (χ2v) is 5.87. The van der Waals surface area contributed by atoms with Gasteiger partial charge in [0.25, 0.3) is 0 Å². The number of hydrogen-bond donors (Lipinski definition) is 1. The van der Waals surface area contributed by atoms with E-state index in [1.165, 1.54) is 7.05 Å². The van der Waals surface area contributed by atoms with E-state index in [9.17, 15) is 18.0 Å². The molecular weight excluding hydrogens is 349 g/mol. The van der Waals surface area contributed by atoms with Crippen LogP contribution < -0.4 is 5.32 Å². The van der Waals surface area contributed by atoms with Crippen LogP contribution >= 0.6 is 0 Å². The molecule has 2 aromatic rings. The summed E-state index contributed by atoms with van der Waals surface area (Å²) in [4.78, 5) is 18.2. The van der Waals surface area contributed by atoms with E-state index in [0.29, 0.717) is 23.2 Å². The number of furan rings is 1. The van der Waals surface area contributed by atoms with Gasteiger partial charge in [0.1, 0.15) is 17.9 Å². The Morgan fingerprint density at radius 1 is 1.23 bits per heavy atom. The van der Waals surface area contributed by atoms with Crippen LogP contribution in [0.5, 0.6) is 0 Å². The van der Waals surface area contributed by atoms with Crippen LogP contribution in [0, 0.1) is 0 Å². The van der Waals surface area contributed by atoms with Gasteiger partial charge in [-0.15, -0.1) is 0 Å². The van der Waals surface area contributed by atoms with E-state index in [4.69, 9.17) is 4.42 Å². The predicted octanol–water partition coefficient (Wildman–Crippen LogP) is 2.46. The molecule has 1 aromatic heterocycles. The van der Waals surface area contributed by atoms with Crippen molar-refractivity contribution < 1.29 is 22.4 Å². The molecule has 1 aromatic carbocycles. The highest BCUT2D eigenvalue weighted by molar-refractivity contribution is 5.86. The largest absolute Gasteiger partial charge is 0.459 e. The van der Waals surface area contributed by atoms with E-state index < -0.39 is 18.6 Å². The van der Waals surface area contributed by atoms with Crippen LogP contribution in [0.1, 0.15) is 5.76 Å². The quantitative estimate of drug-likeness (QED) is 0.649. The number of halogens is 3. The molecule has 0 unspecified atom stereocenters. The number of benzene rings is 1. The maximum atomic E-state index is 12.3. The monoisotopic (exact) mass is 370 g/mol. The Kier molecular flexibility index (Phi) is 6.12. The number of aliphatic imine (C=N–C) groups is 1. The van der Waals surface area contributed by atoms with Crippen LogP contribution in [0.3, 0.4) is 0 Å². The molecule has 0 aliphatic heterocycles. The van der Waals surface area contributed by atoms with Crippen molar-refractivity contribution in [1.82, 2.24) is 15.1 Å². The highest BCUT2D eigenvalue weighted by atomic mass is 19.4. The number of fused-ring (bicyclic) bond motifs is 1. The molecule has 0 aliphatic rings. The lowest BCUT2D eigenvalue weighted by Gasteiger charge is -2.23. The molecule has 1 N–H and O–H groups in total. The number of para-hydroxylation sites is 1. The van der Waals surface area contributed by atoms with E-state index >= 15 is 0 Å². The lowest BCUT2D eigenvalue weighted by atomic mass is 10.2. The molecule has 0 aliphatic carbocycles. The summed E-state index contributed by atoms with van der Waals surface area (Å²) >= 11 is 0. The van der Waals surface area contributed by atoms with E-state index in [0.717, 1.165) is 18.0 Å². The van der Waals surface area contributed by atoms with Crippen LogP contribution in [0.2, 0.25) is 0 Å². The molecule has 6 nitrogen and oxygen atoms in total. The van der Waals surface area contributed by atoms with Gasteiger partial charge in [-0.1, -0.05) is 18.2 Å². The average molecular weight is 370 g/mol. The van der Waals surface area contributed by atoms with Crippen molar-refractivity contribution in [1.29, 1.82) is 0 Å². The zero-order valence-electron chi connectivity index (χ0n) is 14.8. The molecule has 142 valence electrons. The van der Waals surface area contributed by atoms with Crippen molar-refractivity contribution in [2.45, 2.75) is 12.7 Å². The number of hydrogen-bond acceptors (Lipinski definition) is 3. The molecule has 0 bridgehead atoms. The number of amides is 1. The highest BCUT2D eigenvalue weighted by Crippen LogP contribution is 2.19. The number of rotatable bonds is 5. The van der Waals surface area contributed by atoms with Crippen LogP contribution in [0.25, 0.3) is 11.0 Å². The van der Waals surface area contributed by atoms with Gasteiger partial charge in [-0.25, -0.2) is 0 Å². The number of alkyl halides is 3. The Morgan fingerprint density at radius 3 is 2.54 bits per heavy atom. The smallest absolute Gasteiger partial charge is 0.406 e. The van der Waals surface area contributed by atoms with Crippen molar-refractivity contribution >= 4 is 22.8 Å². The van der Waals surface area contributed by atoms with Crippen molar-refractivity contribution in [2.24, 2.45) is 4.99 Å². The van der Waals surface area contributed by atoms with Crippen LogP contribution in [-0.2, 0) is 11.3 Å². The molecule has 0 spiro atoms. The van der Waals surface area contributed by atoms with Crippen molar-refractivity contribution in [2.75, 3.05) is 34.2 Å². The van der Waals surface area contributed by atoms with E-state index in [-0.39, 0.29) is 6.54 Å². The van der Waals surface area contributed by atoms with Crippen LogP contribution in [-0.4, -0.2) is 62.1 Å². The minimum atomic E-state index is -4.43. The minimum absolute atomic E-state index is 0.288. The van der Waals surface area contributed by atoms with E-state index in [2.05, 4.69) is 10.3 Å². The maximum Gasteiger partial charge on any atom is 0.406 e. The molecule has 0 saturated heterocycles. The summed E-state index contributed by atoms with van der Waals surface area (Å²) in [6.07, 6.45) is -4.43. The number of nitrogens with one attached hydrogen (secondary N) is 1. The number of carbonyl (C=O) groups excluding carboxylic acids is 1. The predicted molar refractivity (Wildman–Crippen MR) is 92.7 cm³/mol.